The van der Waals surface area contributed by atoms with Crippen LogP contribution in [0.2, 0.25) is 0 Å². The summed E-state index contributed by atoms with van der Waals surface area (Å²) in [5.74, 6) is -0.839. The number of nitrogens with one attached hydrogen (secondary N) is 2. The van der Waals surface area contributed by atoms with E-state index < -0.39 is 23.4 Å². The zero-order valence-electron chi connectivity index (χ0n) is 18.4. The molecule has 0 bridgehead atoms. The quantitative estimate of drug-likeness (QED) is 0.406. The Morgan fingerprint density at radius 2 is 1.82 bits per heavy atom. The van der Waals surface area contributed by atoms with E-state index in [9.17, 15) is 14.4 Å². The van der Waals surface area contributed by atoms with E-state index in [4.69, 9.17) is 4.42 Å². The highest BCUT2D eigenvalue weighted by molar-refractivity contribution is 7.99. The normalized spacial score (nSPS) is 17.8. The lowest BCUT2D eigenvalue weighted by molar-refractivity contribution is -0.138. The maximum Gasteiger partial charge on any atom is 0.344 e. The molecule has 1 fully saturated rings. The second-order valence-corrected chi connectivity index (χ2v) is 8.70. The summed E-state index contributed by atoms with van der Waals surface area (Å²) in [7, 11) is 0. The molecule has 1 aliphatic rings. The van der Waals surface area contributed by atoms with Crippen molar-refractivity contribution in [2.24, 2.45) is 0 Å². The molecule has 33 heavy (non-hydrogen) atoms. The number of thioether (sulfide) groups is 1. The van der Waals surface area contributed by atoms with Crippen LogP contribution in [-0.4, -0.2) is 38.8 Å². The molecule has 0 saturated carbocycles. The molecule has 4 amide bonds. The van der Waals surface area contributed by atoms with E-state index in [0.29, 0.717) is 17.9 Å². The number of urea groups is 1. The summed E-state index contributed by atoms with van der Waals surface area (Å²) in [5.41, 5.74) is 4.77. The molecule has 2 heterocycles. The molecule has 10 heteroatoms. The fourth-order valence-electron chi connectivity index (χ4n) is 3.81. The standard InChI is InChI=1S/C23H23N5O4S/c1-4-23(17-8-6-5-7-9-17)20(30)28(21(31)24-23)27-18(29)13-33-22-26-25-19(32-22)16-11-14(2)10-15(3)12-16/h5-12H,4,13H2,1-3H3,(H,24,31)(H,27,29). The summed E-state index contributed by atoms with van der Waals surface area (Å²) >= 11 is 1.02. The van der Waals surface area contributed by atoms with Crippen LogP contribution in [-0.2, 0) is 15.1 Å². The topological polar surface area (TPSA) is 117 Å². The van der Waals surface area contributed by atoms with Gasteiger partial charge in [-0.05, 0) is 38.0 Å². The zero-order chi connectivity index (χ0) is 23.6. The Hall–Kier alpha value is -3.66. The second kappa shape index (κ2) is 9.07. The molecule has 4 rings (SSSR count). The van der Waals surface area contributed by atoms with Gasteiger partial charge in [-0.25, -0.2) is 4.79 Å². The van der Waals surface area contributed by atoms with Crippen molar-refractivity contribution >= 4 is 29.6 Å². The van der Waals surface area contributed by atoms with Gasteiger partial charge in [-0.3, -0.25) is 15.0 Å². The average molecular weight is 466 g/mol. The summed E-state index contributed by atoms with van der Waals surface area (Å²) in [6.45, 7) is 5.76. The molecule has 1 aromatic heterocycles. The number of carbonyl (C=O) groups excluding carboxylic acids is 3. The Kier molecular flexibility index (Phi) is 6.19. The first-order valence-electron chi connectivity index (χ1n) is 10.4. The maximum absolute atomic E-state index is 13.1. The van der Waals surface area contributed by atoms with E-state index in [1.54, 1.807) is 31.2 Å². The minimum absolute atomic E-state index is 0.115. The fraction of sp³-hybridized carbons (Fsp3) is 0.261. The highest BCUT2D eigenvalue weighted by Crippen LogP contribution is 2.31. The third-order valence-corrected chi connectivity index (χ3v) is 6.15. The van der Waals surface area contributed by atoms with E-state index in [0.717, 1.165) is 33.5 Å². The van der Waals surface area contributed by atoms with Crippen LogP contribution in [0, 0.1) is 13.8 Å². The molecular weight excluding hydrogens is 442 g/mol. The Morgan fingerprint density at radius 1 is 1.12 bits per heavy atom. The number of hydrazine groups is 1. The first-order chi connectivity index (χ1) is 15.8. The summed E-state index contributed by atoms with van der Waals surface area (Å²) in [6.07, 6.45) is 0.339. The van der Waals surface area contributed by atoms with Crippen molar-refractivity contribution in [1.29, 1.82) is 0 Å². The van der Waals surface area contributed by atoms with Crippen LogP contribution < -0.4 is 10.7 Å². The minimum atomic E-state index is -1.22. The number of hydrogen-bond acceptors (Lipinski definition) is 7. The van der Waals surface area contributed by atoms with Gasteiger partial charge in [-0.15, -0.1) is 10.2 Å². The van der Waals surface area contributed by atoms with Gasteiger partial charge in [-0.1, -0.05) is 66.2 Å². The van der Waals surface area contributed by atoms with Crippen LogP contribution in [0.4, 0.5) is 4.79 Å². The summed E-state index contributed by atoms with van der Waals surface area (Å²) in [6, 6.07) is 14.2. The SMILES string of the molecule is CCC1(c2ccccc2)NC(=O)N(NC(=O)CSc2nnc(-c3cc(C)cc(C)c3)o2)C1=O. The maximum atomic E-state index is 13.1. The number of benzene rings is 2. The van der Waals surface area contributed by atoms with Gasteiger partial charge >= 0.3 is 6.03 Å². The zero-order valence-corrected chi connectivity index (χ0v) is 19.2. The highest BCUT2D eigenvalue weighted by Gasteiger charge is 2.52. The highest BCUT2D eigenvalue weighted by atomic mass is 32.2. The largest absolute Gasteiger partial charge is 0.411 e. The van der Waals surface area contributed by atoms with Gasteiger partial charge in [0.25, 0.3) is 11.1 Å². The van der Waals surface area contributed by atoms with Crippen LogP contribution in [0.3, 0.4) is 0 Å². The van der Waals surface area contributed by atoms with Crippen molar-refractivity contribution < 1.29 is 18.8 Å². The summed E-state index contributed by atoms with van der Waals surface area (Å²) < 4.78 is 5.65. The molecule has 0 spiro atoms. The molecule has 2 aromatic carbocycles. The van der Waals surface area contributed by atoms with Gasteiger partial charge in [0.1, 0.15) is 5.54 Å². The van der Waals surface area contributed by atoms with Crippen LogP contribution in [0.5, 0.6) is 0 Å². The number of aryl methyl sites for hydroxylation is 2. The lowest BCUT2D eigenvalue weighted by Gasteiger charge is -2.25. The predicted molar refractivity (Wildman–Crippen MR) is 122 cm³/mol. The van der Waals surface area contributed by atoms with Crippen molar-refractivity contribution in [3.8, 4) is 11.5 Å². The van der Waals surface area contributed by atoms with Gasteiger partial charge in [0.2, 0.25) is 11.8 Å². The Labute approximate surface area is 194 Å². The number of imide groups is 1. The average Bonchev–Trinajstić information content (AvgIpc) is 3.37. The Balaban J connectivity index is 1.40. The second-order valence-electron chi connectivity index (χ2n) is 7.77. The molecule has 3 aromatic rings. The number of rotatable bonds is 7. The van der Waals surface area contributed by atoms with Crippen molar-refractivity contribution in [3.05, 3.63) is 65.2 Å². The fourth-order valence-corrected chi connectivity index (χ4v) is 4.36. The summed E-state index contributed by atoms with van der Waals surface area (Å²) in [5, 5.41) is 11.7. The van der Waals surface area contributed by atoms with Gasteiger partial charge in [0, 0.05) is 5.56 Å². The number of nitrogens with zero attached hydrogens (tertiary/aromatic N) is 3. The lowest BCUT2D eigenvalue weighted by atomic mass is 9.87. The number of carbonyl (C=O) groups is 3. The Bertz CT molecular complexity index is 1190. The smallest absolute Gasteiger partial charge is 0.344 e. The molecule has 9 nitrogen and oxygen atoms in total. The predicted octanol–water partition coefficient (Wildman–Crippen LogP) is 3.33. The van der Waals surface area contributed by atoms with Gasteiger partial charge in [0.05, 0.1) is 5.75 Å². The number of hydrogen-bond donors (Lipinski definition) is 2. The molecule has 2 N–H and O–H groups in total. The molecule has 170 valence electrons. The molecule has 1 atom stereocenters. The van der Waals surface area contributed by atoms with Crippen molar-refractivity contribution in [2.75, 3.05) is 5.75 Å². The van der Waals surface area contributed by atoms with E-state index in [1.807, 2.05) is 38.1 Å². The number of amides is 4. The third kappa shape index (κ3) is 4.47. The van der Waals surface area contributed by atoms with Crippen molar-refractivity contribution in [2.45, 2.75) is 38.0 Å². The lowest BCUT2D eigenvalue weighted by Crippen LogP contribution is -2.49. The van der Waals surface area contributed by atoms with Gasteiger partial charge in [0.15, 0.2) is 0 Å². The third-order valence-electron chi connectivity index (χ3n) is 5.33. The monoisotopic (exact) mass is 465 g/mol. The van der Waals surface area contributed by atoms with Crippen LogP contribution in [0.15, 0.2) is 58.2 Å². The molecule has 1 unspecified atom stereocenters. The molecule has 1 saturated heterocycles. The molecule has 1 aliphatic heterocycles. The van der Waals surface area contributed by atoms with Crippen LogP contribution in [0.1, 0.15) is 30.0 Å². The first-order valence-corrected chi connectivity index (χ1v) is 11.4. The Morgan fingerprint density at radius 3 is 2.48 bits per heavy atom. The minimum Gasteiger partial charge on any atom is -0.411 e. The van der Waals surface area contributed by atoms with Crippen LogP contribution >= 0.6 is 11.8 Å². The number of aromatic nitrogens is 2. The molecular formula is C23H23N5O4S. The van der Waals surface area contributed by atoms with Crippen molar-refractivity contribution in [3.63, 3.8) is 0 Å². The van der Waals surface area contributed by atoms with Gasteiger partial charge < -0.3 is 9.73 Å². The van der Waals surface area contributed by atoms with Gasteiger partial charge in [-0.2, -0.15) is 5.01 Å². The van der Waals surface area contributed by atoms with Crippen molar-refractivity contribution in [1.82, 2.24) is 25.9 Å². The molecule has 0 aliphatic carbocycles. The van der Waals surface area contributed by atoms with Crippen LogP contribution in [0.25, 0.3) is 11.5 Å². The first kappa shape index (κ1) is 22.5. The molecule has 0 radical (unpaired) electrons. The van der Waals surface area contributed by atoms with E-state index in [-0.39, 0.29) is 11.0 Å². The van der Waals surface area contributed by atoms with E-state index >= 15 is 0 Å². The summed E-state index contributed by atoms with van der Waals surface area (Å²) in [4.78, 5) is 38.0. The van der Waals surface area contributed by atoms with E-state index in [1.165, 1.54) is 0 Å². The van der Waals surface area contributed by atoms with E-state index in [2.05, 4.69) is 20.9 Å².